The van der Waals surface area contributed by atoms with Gasteiger partial charge in [-0.15, -0.1) is 0 Å². The maximum atomic E-state index is 15.0. The average molecular weight is 745 g/mol. The van der Waals surface area contributed by atoms with Gasteiger partial charge in [0, 0.05) is 28.8 Å². The number of alkyl halides is 5. The molecule has 50 heavy (non-hydrogen) atoms. The second-order valence-electron chi connectivity index (χ2n) is 12.0. The minimum absolute atomic E-state index is 0.0184. The summed E-state index contributed by atoms with van der Waals surface area (Å²) >= 11 is 12.5. The quantitative estimate of drug-likeness (QED) is 0.112. The van der Waals surface area contributed by atoms with E-state index >= 15 is 8.78 Å². The SMILES string of the molecule is COc1ccc(C(CC(=O)N[C@@H](Cc2ccccc2)C(=O)N[C@@](C=O)(CC(F)(F)C(=O)NCC(F)(F)F)C(C)C)c2cc(Cl)cc(Cl)c2)cc1. The molecule has 3 rings (SSSR count). The van der Waals surface area contributed by atoms with Gasteiger partial charge < -0.3 is 25.5 Å². The number of carbonyl (C=O) groups excluding carboxylic acids is 4. The van der Waals surface area contributed by atoms with Crippen LogP contribution in [0.15, 0.2) is 72.8 Å². The van der Waals surface area contributed by atoms with Gasteiger partial charge in [0.25, 0.3) is 5.91 Å². The number of rotatable bonds is 16. The highest BCUT2D eigenvalue weighted by Crippen LogP contribution is 2.34. The Balaban J connectivity index is 1.94. The van der Waals surface area contributed by atoms with Crippen molar-refractivity contribution in [2.45, 2.75) is 62.7 Å². The largest absolute Gasteiger partial charge is 0.497 e. The first-order valence-electron chi connectivity index (χ1n) is 15.3. The van der Waals surface area contributed by atoms with Crippen molar-refractivity contribution in [1.82, 2.24) is 16.0 Å². The fourth-order valence-corrected chi connectivity index (χ4v) is 5.76. The van der Waals surface area contributed by atoms with Gasteiger partial charge in [-0.2, -0.15) is 22.0 Å². The number of nitrogens with one attached hydrogen (secondary N) is 3. The van der Waals surface area contributed by atoms with Crippen LogP contribution >= 0.6 is 23.2 Å². The van der Waals surface area contributed by atoms with Crippen molar-refractivity contribution in [2.24, 2.45) is 5.92 Å². The zero-order chi connectivity index (χ0) is 37.3. The van der Waals surface area contributed by atoms with Crippen molar-refractivity contribution < 1.29 is 45.9 Å². The van der Waals surface area contributed by atoms with E-state index in [0.29, 0.717) is 32.5 Å². The molecule has 0 aliphatic rings. The van der Waals surface area contributed by atoms with E-state index in [4.69, 9.17) is 27.9 Å². The number of hydrogen-bond acceptors (Lipinski definition) is 5. The summed E-state index contributed by atoms with van der Waals surface area (Å²) in [7, 11) is 1.50. The van der Waals surface area contributed by atoms with E-state index in [0.717, 1.165) is 5.32 Å². The maximum Gasteiger partial charge on any atom is 0.405 e. The van der Waals surface area contributed by atoms with Gasteiger partial charge in [-0.1, -0.05) is 79.5 Å². The lowest BCUT2D eigenvalue weighted by molar-refractivity contribution is -0.160. The number of benzene rings is 3. The molecule has 8 nitrogen and oxygen atoms in total. The molecule has 3 atom stereocenters. The summed E-state index contributed by atoms with van der Waals surface area (Å²) < 4.78 is 73.1. The topological polar surface area (TPSA) is 114 Å². The van der Waals surface area contributed by atoms with Gasteiger partial charge in [0.1, 0.15) is 30.2 Å². The van der Waals surface area contributed by atoms with Crippen LogP contribution in [0.3, 0.4) is 0 Å². The van der Waals surface area contributed by atoms with Crippen LogP contribution in [0.1, 0.15) is 49.3 Å². The maximum absolute atomic E-state index is 15.0. The van der Waals surface area contributed by atoms with E-state index in [2.05, 4.69) is 10.6 Å². The molecule has 0 fully saturated rings. The smallest absolute Gasteiger partial charge is 0.405 e. The molecule has 0 aromatic heterocycles. The van der Waals surface area contributed by atoms with Gasteiger partial charge >= 0.3 is 12.1 Å². The number of carbonyl (C=O) groups is 4. The molecular weight excluding hydrogens is 708 g/mol. The molecule has 0 radical (unpaired) electrons. The predicted octanol–water partition coefficient (Wildman–Crippen LogP) is 6.67. The van der Waals surface area contributed by atoms with Crippen molar-refractivity contribution in [1.29, 1.82) is 0 Å². The first kappa shape index (κ1) is 40.2. The molecule has 270 valence electrons. The minimum atomic E-state index is -4.96. The lowest BCUT2D eigenvalue weighted by Crippen LogP contribution is -2.62. The molecule has 0 aliphatic carbocycles. The summed E-state index contributed by atoms with van der Waals surface area (Å²) in [5, 5.41) is 6.68. The van der Waals surface area contributed by atoms with Crippen LogP contribution in [0.5, 0.6) is 5.75 Å². The third kappa shape index (κ3) is 11.4. The molecule has 15 heteroatoms. The fourth-order valence-electron chi connectivity index (χ4n) is 5.21. The van der Waals surface area contributed by atoms with Crippen molar-refractivity contribution in [3.05, 3.63) is 99.5 Å². The van der Waals surface area contributed by atoms with Gasteiger partial charge in [-0.25, -0.2) is 0 Å². The molecular formula is C35H36Cl2F5N3O5. The zero-order valence-electron chi connectivity index (χ0n) is 27.3. The van der Waals surface area contributed by atoms with E-state index in [1.165, 1.54) is 27.0 Å². The molecule has 0 heterocycles. The van der Waals surface area contributed by atoms with Gasteiger partial charge in [-0.05, 0) is 52.9 Å². The molecule has 3 aromatic carbocycles. The number of aldehydes is 1. The Bertz CT molecular complexity index is 1620. The molecule has 0 saturated carbocycles. The van der Waals surface area contributed by atoms with Gasteiger partial charge in [0.15, 0.2) is 0 Å². The van der Waals surface area contributed by atoms with E-state index in [1.807, 2.05) is 0 Å². The Labute approximate surface area is 296 Å². The van der Waals surface area contributed by atoms with Crippen LogP contribution in [-0.4, -0.2) is 61.3 Å². The Morgan fingerprint density at radius 2 is 1.48 bits per heavy atom. The minimum Gasteiger partial charge on any atom is -0.497 e. The van der Waals surface area contributed by atoms with Crippen LogP contribution in [0.25, 0.3) is 0 Å². The molecule has 3 N–H and O–H groups in total. The van der Waals surface area contributed by atoms with E-state index in [9.17, 15) is 32.3 Å². The van der Waals surface area contributed by atoms with Crippen LogP contribution < -0.4 is 20.7 Å². The van der Waals surface area contributed by atoms with Gasteiger partial charge in [0.2, 0.25) is 11.8 Å². The van der Waals surface area contributed by atoms with Gasteiger partial charge in [-0.3, -0.25) is 14.4 Å². The second kappa shape index (κ2) is 17.1. The number of ether oxygens (including phenoxy) is 1. The van der Waals surface area contributed by atoms with Crippen LogP contribution in [-0.2, 0) is 25.6 Å². The number of hydrogen-bond donors (Lipinski definition) is 3. The Morgan fingerprint density at radius 3 is 2.00 bits per heavy atom. The van der Waals surface area contributed by atoms with Crippen LogP contribution in [0, 0.1) is 5.92 Å². The molecule has 0 spiro atoms. The Morgan fingerprint density at radius 1 is 0.880 bits per heavy atom. The van der Waals surface area contributed by atoms with Crippen LogP contribution in [0.2, 0.25) is 10.0 Å². The third-order valence-corrected chi connectivity index (χ3v) is 8.46. The fraction of sp³-hybridized carbons (Fsp3) is 0.371. The first-order valence-corrected chi connectivity index (χ1v) is 16.1. The molecule has 3 aromatic rings. The van der Waals surface area contributed by atoms with E-state index < -0.39 is 66.2 Å². The highest BCUT2D eigenvalue weighted by atomic mass is 35.5. The monoisotopic (exact) mass is 743 g/mol. The van der Waals surface area contributed by atoms with Crippen molar-refractivity contribution in [3.8, 4) is 5.75 Å². The summed E-state index contributed by atoms with van der Waals surface area (Å²) in [5.41, 5.74) is -0.592. The second-order valence-corrected chi connectivity index (χ2v) is 12.9. The highest BCUT2D eigenvalue weighted by Gasteiger charge is 2.51. The lowest BCUT2D eigenvalue weighted by atomic mass is 9.81. The van der Waals surface area contributed by atoms with Crippen molar-refractivity contribution in [3.63, 3.8) is 0 Å². The predicted molar refractivity (Wildman–Crippen MR) is 178 cm³/mol. The lowest BCUT2D eigenvalue weighted by Gasteiger charge is -2.37. The zero-order valence-corrected chi connectivity index (χ0v) is 28.8. The van der Waals surface area contributed by atoms with E-state index in [-0.39, 0.29) is 19.1 Å². The number of methoxy groups -OCH3 is 1. The first-order chi connectivity index (χ1) is 23.4. The molecule has 3 amide bonds. The number of halogens is 7. The third-order valence-electron chi connectivity index (χ3n) is 8.02. The normalized spacial score (nSPS) is 14.2. The molecule has 1 unspecified atom stereocenters. The molecule has 0 saturated heterocycles. The molecule has 0 bridgehead atoms. The standard InChI is InChI=1S/C35H36Cl2F5N3O5/c1-21(2)33(20-46,18-34(38,39)32(49)43-19-35(40,41)42)45-31(48)29(13-22-7-5-4-6-8-22)44-30(47)17-28(23-9-11-27(50-3)12-10-23)24-14-25(36)16-26(37)15-24/h4-12,14-16,20-21,28-29H,13,17-19H2,1-3H3,(H,43,49)(H,44,47)(H,45,48)/t28?,29-,33+/m0/s1. The Kier molecular flexibility index (Phi) is 13.8. The van der Waals surface area contributed by atoms with Crippen LogP contribution in [0.4, 0.5) is 22.0 Å². The van der Waals surface area contributed by atoms with Gasteiger partial charge in [0.05, 0.1) is 13.5 Å². The summed E-state index contributed by atoms with van der Waals surface area (Å²) in [5.74, 6) is -9.58. The summed E-state index contributed by atoms with van der Waals surface area (Å²) in [4.78, 5) is 52.0. The summed E-state index contributed by atoms with van der Waals surface area (Å²) in [6.07, 6.45) is -6.96. The highest BCUT2D eigenvalue weighted by molar-refractivity contribution is 6.34. The summed E-state index contributed by atoms with van der Waals surface area (Å²) in [6, 6.07) is 18.6. The summed E-state index contributed by atoms with van der Waals surface area (Å²) in [6.45, 7) is 0.616. The van der Waals surface area contributed by atoms with Crippen molar-refractivity contribution >= 4 is 47.2 Å². The van der Waals surface area contributed by atoms with E-state index in [1.54, 1.807) is 66.7 Å². The average Bonchev–Trinajstić information content (AvgIpc) is 3.04. The number of amides is 3. The molecule has 0 aliphatic heterocycles. The Hall–Kier alpha value is -4.23. The van der Waals surface area contributed by atoms with Crippen molar-refractivity contribution in [2.75, 3.05) is 13.7 Å².